The van der Waals surface area contributed by atoms with Crippen molar-refractivity contribution in [2.75, 3.05) is 13.1 Å². The molecule has 166 valence electrons. The third-order valence-electron chi connectivity index (χ3n) is 4.71. The third-order valence-corrected chi connectivity index (χ3v) is 4.94. The minimum Gasteiger partial charge on any atom is -0.317 e. The van der Waals surface area contributed by atoms with Crippen LogP contribution in [0.1, 0.15) is 35.4 Å². The summed E-state index contributed by atoms with van der Waals surface area (Å²) in [4.78, 5) is 8.27. The van der Waals surface area contributed by atoms with Crippen molar-refractivity contribution in [3.63, 3.8) is 0 Å². The maximum absolute atomic E-state index is 13.1. The molecular weight excluding hydrogens is 441 g/mol. The fraction of sp³-hybridized carbons (Fsp3) is 0.273. The molecule has 0 spiro atoms. The average molecular weight is 461 g/mol. The topological polar surface area (TPSA) is 78.4 Å². The third kappa shape index (κ3) is 5.33. The number of hydrogen-bond acceptors (Lipinski definition) is 5. The van der Waals surface area contributed by atoms with E-state index in [0.717, 1.165) is 4.52 Å². The fourth-order valence-corrected chi connectivity index (χ4v) is 3.32. The van der Waals surface area contributed by atoms with Crippen LogP contribution in [0.3, 0.4) is 0 Å². The van der Waals surface area contributed by atoms with E-state index in [2.05, 4.69) is 27.0 Å². The van der Waals surface area contributed by atoms with Crippen LogP contribution >= 0.6 is 11.6 Å². The van der Waals surface area contributed by atoms with Gasteiger partial charge in [-0.2, -0.15) is 23.5 Å². The Morgan fingerprint density at radius 2 is 2.03 bits per heavy atom. The number of nitriles is 1. The van der Waals surface area contributed by atoms with Crippen molar-refractivity contribution in [2.45, 2.75) is 25.9 Å². The van der Waals surface area contributed by atoms with Crippen LogP contribution in [0.5, 0.6) is 0 Å². The molecule has 1 aliphatic carbocycles. The fourth-order valence-electron chi connectivity index (χ4n) is 3.16. The van der Waals surface area contributed by atoms with Gasteiger partial charge in [-0.15, -0.1) is 0 Å². The van der Waals surface area contributed by atoms with E-state index >= 15 is 0 Å². The van der Waals surface area contributed by atoms with Gasteiger partial charge in [-0.1, -0.05) is 24.3 Å². The van der Waals surface area contributed by atoms with Crippen LogP contribution in [0.15, 0.2) is 52.8 Å². The number of aliphatic imine (C=N–C) groups is 1. The number of fused-ring (bicyclic) bond motifs is 1. The quantitative estimate of drug-likeness (QED) is 0.687. The van der Waals surface area contributed by atoms with Gasteiger partial charge >= 0.3 is 6.18 Å². The van der Waals surface area contributed by atoms with Crippen LogP contribution in [0.25, 0.3) is 11.7 Å². The number of allylic oxidation sites excluding steroid dienone is 5. The largest absolute Gasteiger partial charge is 0.436 e. The Kier molecular flexibility index (Phi) is 7.28. The molecule has 0 amide bonds. The molecule has 6 nitrogen and oxygen atoms in total. The van der Waals surface area contributed by atoms with Gasteiger partial charge in [0.15, 0.2) is 11.3 Å². The van der Waals surface area contributed by atoms with Gasteiger partial charge in [0.05, 0.1) is 5.71 Å². The first-order chi connectivity index (χ1) is 15.2. The summed E-state index contributed by atoms with van der Waals surface area (Å²) in [7, 11) is 0. The lowest BCUT2D eigenvalue weighted by atomic mass is 10.0. The highest BCUT2D eigenvalue weighted by molar-refractivity contribution is 6.35. The SMILES string of the molecule is C1CCNC1.C=CN=C1C=C(Cl)C=C/C1=C\c1cn2nc(C(F)(F)F)c(C#N)c2nc1C. The first-order valence-electron chi connectivity index (χ1n) is 9.78. The molecule has 32 heavy (non-hydrogen) atoms. The Labute approximate surface area is 188 Å². The number of aryl methyl sites for hydroxylation is 1. The molecule has 0 saturated carbocycles. The zero-order chi connectivity index (χ0) is 23.3. The smallest absolute Gasteiger partial charge is 0.317 e. The number of hydrogen-bond donors (Lipinski definition) is 1. The first kappa shape index (κ1) is 23.4. The van der Waals surface area contributed by atoms with E-state index in [-0.39, 0.29) is 5.65 Å². The number of alkyl halides is 3. The van der Waals surface area contributed by atoms with E-state index in [4.69, 9.17) is 16.9 Å². The number of aromatic nitrogens is 3. The standard InChI is InChI=1S/C18H11ClF3N5.C4H9N/c1-3-24-15-7-13(19)5-4-11(15)6-12-9-27-17(25-10(12)2)14(8-23)16(26-27)18(20,21)22;1-2-4-5-3-1/h3-7,9H,1H2,2H3;5H,1-4H2/b11-6+,24-15?;. The minimum atomic E-state index is -4.75. The van der Waals surface area contributed by atoms with Gasteiger partial charge < -0.3 is 5.32 Å². The molecule has 0 aromatic carbocycles. The highest BCUT2D eigenvalue weighted by Crippen LogP contribution is 2.32. The molecular formula is C22H20ClF3N6. The summed E-state index contributed by atoms with van der Waals surface area (Å²) in [5.41, 5.74) is 0.164. The summed E-state index contributed by atoms with van der Waals surface area (Å²) in [5.74, 6) is 0. The summed E-state index contributed by atoms with van der Waals surface area (Å²) in [6.07, 6.45) is 7.50. The zero-order valence-corrected chi connectivity index (χ0v) is 18.0. The Hall–Kier alpha value is -3.22. The van der Waals surface area contributed by atoms with E-state index in [0.29, 0.717) is 27.6 Å². The molecule has 4 rings (SSSR count). The second-order valence-corrected chi connectivity index (χ2v) is 7.44. The van der Waals surface area contributed by atoms with Gasteiger partial charge in [0.1, 0.15) is 11.6 Å². The lowest BCUT2D eigenvalue weighted by Gasteiger charge is -2.09. The second-order valence-electron chi connectivity index (χ2n) is 7.00. The Bertz CT molecular complexity index is 1180. The summed E-state index contributed by atoms with van der Waals surface area (Å²) < 4.78 is 40.3. The molecule has 0 radical (unpaired) electrons. The maximum atomic E-state index is 13.1. The molecule has 1 aliphatic heterocycles. The van der Waals surface area contributed by atoms with E-state index in [1.807, 2.05) is 0 Å². The molecule has 10 heteroatoms. The van der Waals surface area contributed by atoms with Gasteiger partial charge in [0.2, 0.25) is 0 Å². The van der Waals surface area contributed by atoms with Crippen LogP contribution in [0, 0.1) is 18.3 Å². The van der Waals surface area contributed by atoms with Crippen molar-refractivity contribution in [2.24, 2.45) is 4.99 Å². The van der Waals surface area contributed by atoms with Crippen molar-refractivity contribution in [3.8, 4) is 6.07 Å². The molecule has 0 unspecified atom stereocenters. The summed E-state index contributed by atoms with van der Waals surface area (Å²) in [5, 5.41) is 16.3. The van der Waals surface area contributed by atoms with E-state index < -0.39 is 17.4 Å². The van der Waals surface area contributed by atoms with Gasteiger partial charge in [-0.05, 0) is 51.1 Å². The van der Waals surface area contributed by atoms with Crippen LogP contribution in [-0.4, -0.2) is 33.4 Å². The van der Waals surface area contributed by atoms with E-state index in [1.165, 1.54) is 44.4 Å². The monoisotopic (exact) mass is 460 g/mol. The molecule has 2 aromatic rings. The number of rotatable bonds is 2. The maximum Gasteiger partial charge on any atom is 0.436 e. The van der Waals surface area contributed by atoms with Gasteiger partial charge in [0, 0.05) is 34.3 Å². The Morgan fingerprint density at radius 3 is 2.59 bits per heavy atom. The lowest BCUT2D eigenvalue weighted by Crippen LogP contribution is -2.08. The van der Waals surface area contributed by atoms with Gasteiger partial charge in [0.25, 0.3) is 0 Å². The molecule has 2 aromatic heterocycles. The van der Waals surface area contributed by atoms with Gasteiger partial charge in [-0.25, -0.2) is 9.50 Å². The van der Waals surface area contributed by atoms with Crippen molar-refractivity contribution in [1.29, 1.82) is 5.26 Å². The van der Waals surface area contributed by atoms with E-state index in [1.54, 1.807) is 31.2 Å². The van der Waals surface area contributed by atoms with Crippen LogP contribution in [0.4, 0.5) is 13.2 Å². The Morgan fingerprint density at radius 1 is 1.31 bits per heavy atom. The van der Waals surface area contributed by atoms with Crippen molar-refractivity contribution in [3.05, 3.63) is 70.3 Å². The number of nitrogens with zero attached hydrogens (tertiary/aromatic N) is 5. The van der Waals surface area contributed by atoms with Crippen molar-refractivity contribution in [1.82, 2.24) is 19.9 Å². The molecule has 1 saturated heterocycles. The first-order valence-corrected chi connectivity index (χ1v) is 10.2. The normalized spacial score (nSPS) is 18.4. The predicted octanol–water partition coefficient (Wildman–Crippen LogP) is 4.96. The predicted molar refractivity (Wildman–Crippen MR) is 118 cm³/mol. The second kappa shape index (κ2) is 9.94. The van der Waals surface area contributed by atoms with Crippen molar-refractivity contribution < 1.29 is 13.2 Å². The number of nitrogens with one attached hydrogen (secondary N) is 1. The summed E-state index contributed by atoms with van der Waals surface area (Å²) in [6, 6.07) is 1.54. The molecule has 1 fully saturated rings. The van der Waals surface area contributed by atoms with E-state index in [9.17, 15) is 13.2 Å². The highest BCUT2D eigenvalue weighted by Gasteiger charge is 2.38. The van der Waals surface area contributed by atoms with Crippen LogP contribution < -0.4 is 5.32 Å². The molecule has 0 bridgehead atoms. The number of halogens is 4. The highest BCUT2D eigenvalue weighted by atomic mass is 35.5. The molecule has 3 heterocycles. The van der Waals surface area contributed by atoms with Crippen molar-refractivity contribution >= 4 is 29.0 Å². The molecule has 0 atom stereocenters. The Balaban J connectivity index is 0.000000509. The lowest BCUT2D eigenvalue weighted by molar-refractivity contribution is -0.141. The van der Waals surface area contributed by atoms with Gasteiger partial charge in [-0.3, -0.25) is 4.99 Å². The zero-order valence-electron chi connectivity index (χ0n) is 17.2. The minimum absolute atomic E-state index is 0.147. The van der Waals surface area contributed by atoms with Crippen LogP contribution in [-0.2, 0) is 6.18 Å². The van der Waals surface area contributed by atoms with Crippen LogP contribution in [0.2, 0.25) is 0 Å². The summed E-state index contributed by atoms with van der Waals surface area (Å²) >= 11 is 5.97. The molecule has 1 N–H and O–H groups in total. The molecule has 2 aliphatic rings. The summed E-state index contributed by atoms with van der Waals surface area (Å²) in [6.45, 7) is 7.68. The average Bonchev–Trinajstić information content (AvgIpc) is 3.41.